The summed E-state index contributed by atoms with van der Waals surface area (Å²) in [6, 6.07) is 1.25. The van der Waals surface area contributed by atoms with Gasteiger partial charge in [-0.2, -0.15) is 0 Å². The molecule has 4 nitrogen and oxygen atoms in total. The minimum Gasteiger partial charge on any atom is -0.380 e. The molecule has 4 heteroatoms. The van der Waals surface area contributed by atoms with Crippen LogP contribution in [0, 0.1) is 0 Å². The summed E-state index contributed by atoms with van der Waals surface area (Å²) in [6.07, 6.45) is 4.39. The van der Waals surface area contributed by atoms with Crippen molar-refractivity contribution in [3.63, 3.8) is 0 Å². The molecular weight excluding hydrogens is 204 g/mol. The zero-order valence-corrected chi connectivity index (χ0v) is 10.4. The Bertz CT molecular complexity index is 207. The number of ether oxygens (including phenoxy) is 2. The molecule has 0 amide bonds. The third-order valence-electron chi connectivity index (χ3n) is 3.67. The van der Waals surface area contributed by atoms with Gasteiger partial charge in [0, 0.05) is 38.9 Å². The van der Waals surface area contributed by atoms with Gasteiger partial charge in [-0.05, 0) is 26.2 Å². The van der Waals surface area contributed by atoms with E-state index in [-0.39, 0.29) is 0 Å². The maximum absolute atomic E-state index is 5.54. The highest BCUT2D eigenvalue weighted by molar-refractivity contribution is 4.89. The Labute approximate surface area is 98.1 Å². The van der Waals surface area contributed by atoms with Crippen LogP contribution in [-0.4, -0.2) is 51.1 Å². The molecule has 1 heterocycles. The monoisotopic (exact) mass is 228 g/mol. The lowest BCUT2D eigenvalue weighted by Crippen LogP contribution is -2.48. The summed E-state index contributed by atoms with van der Waals surface area (Å²) < 4.78 is 10.9. The number of hydrogen-bond donors (Lipinski definition) is 2. The lowest BCUT2D eigenvalue weighted by molar-refractivity contribution is -0.0102. The normalized spacial score (nSPS) is 38.6. The molecule has 2 N–H and O–H groups in total. The van der Waals surface area contributed by atoms with Crippen molar-refractivity contribution >= 4 is 0 Å². The van der Waals surface area contributed by atoms with Crippen molar-refractivity contribution in [2.75, 3.05) is 26.8 Å². The zero-order valence-electron chi connectivity index (χ0n) is 10.4. The molecule has 94 valence electrons. The van der Waals surface area contributed by atoms with Crippen LogP contribution >= 0.6 is 0 Å². The second-order valence-electron chi connectivity index (χ2n) is 4.85. The maximum Gasteiger partial charge on any atom is 0.0711 e. The van der Waals surface area contributed by atoms with Gasteiger partial charge in [0.25, 0.3) is 0 Å². The standard InChI is InChI=1S/C12H24N2O2/c1-3-16-11-4-9(5-11)13-7-10-6-12(15-2)8-14-10/h9-14H,3-8H2,1-2H3. The molecule has 0 spiro atoms. The van der Waals surface area contributed by atoms with Crippen molar-refractivity contribution < 1.29 is 9.47 Å². The molecule has 0 aromatic carbocycles. The van der Waals surface area contributed by atoms with Crippen molar-refractivity contribution in [1.82, 2.24) is 10.6 Å². The van der Waals surface area contributed by atoms with Gasteiger partial charge in [0.1, 0.15) is 0 Å². The van der Waals surface area contributed by atoms with E-state index in [0.717, 1.165) is 26.1 Å². The Kier molecular flexibility index (Phi) is 4.58. The molecule has 2 unspecified atom stereocenters. The van der Waals surface area contributed by atoms with Gasteiger partial charge in [-0.3, -0.25) is 0 Å². The van der Waals surface area contributed by atoms with Crippen molar-refractivity contribution in [2.24, 2.45) is 0 Å². The van der Waals surface area contributed by atoms with Crippen LogP contribution in [0.4, 0.5) is 0 Å². The first-order chi connectivity index (χ1) is 7.81. The molecule has 2 aliphatic rings. The van der Waals surface area contributed by atoms with Crippen molar-refractivity contribution in [3.8, 4) is 0 Å². The van der Waals surface area contributed by atoms with Crippen molar-refractivity contribution in [1.29, 1.82) is 0 Å². The first kappa shape index (κ1) is 12.3. The first-order valence-corrected chi connectivity index (χ1v) is 6.43. The van der Waals surface area contributed by atoms with Crippen LogP contribution < -0.4 is 10.6 Å². The van der Waals surface area contributed by atoms with Crippen LogP contribution in [0.25, 0.3) is 0 Å². The van der Waals surface area contributed by atoms with Crippen LogP contribution in [0.5, 0.6) is 0 Å². The van der Waals surface area contributed by atoms with Gasteiger partial charge in [0.2, 0.25) is 0 Å². The number of rotatable bonds is 6. The summed E-state index contributed by atoms with van der Waals surface area (Å²) in [5.41, 5.74) is 0. The average molecular weight is 228 g/mol. The van der Waals surface area contributed by atoms with Crippen LogP contribution in [0.1, 0.15) is 26.2 Å². The highest BCUT2D eigenvalue weighted by Gasteiger charge is 2.30. The molecule has 1 aliphatic heterocycles. The molecule has 2 fully saturated rings. The third kappa shape index (κ3) is 3.17. The summed E-state index contributed by atoms with van der Waals surface area (Å²) in [5.74, 6) is 0. The smallest absolute Gasteiger partial charge is 0.0711 e. The molecule has 0 bridgehead atoms. The fourth-order valence-corrected chi connectivity index (χ4v) is 2.53. The van der Waals surface area contributed by atoms with Gasteiger partial charge in [-0.1, -0.05) is 0 Å². The molecule has 0 aromatic heterocycles. The first-order valence-electron chi connectivity index (χ1n) is 6.43. The molecule has 0 aromatic rings. The summed E-state index contributed by atoms with van der Waals surface area (Å²) in [5, 5.41) is 7.07. The number of methoxy groups -OCH3 is 1. The summed E-state index contributed by atoms with van der Waals surface area (Å²) in [6.45, 7) is 4.96. The lowest BCUT2D eigenvalue weighted by Gasteiger charge is -2.36. The third-order valence-corrected chi connectivity index (χ3v) is 3.67. The van der Waals surface area contributed by atoms with E-state index >= 15 is 0 Å². The SMILES string of the molecule is CCOC1CC(NCC2CC(OC)CN2)C1. The van der Waals surface area contributed by atoms with Crippen LogP contribution in [0.15, 0.2) is 0 Å². The number of nitrogens with one attached hydrogen (secondary N) is 2. The molecule has 1 aliphatic carbocycles. The maximum atomic E-state index is 5.54. The summed E-state index contributed by atoms with van der Waals surface area (Å²) in [4.78, 5) is 0. The van der Waals surface area contributed by atoms with Gasteiger partial charge < -0.3 is 20.1 Å². The summed E-state index contributed by atoms with van der Waals surface area (Å²) in [7, 11) is 1.79. The predicted molar refractivity (Wildman–Crippen MR) is 63.6 cm³/mol. The highest BCUT2D eigenvalue weighted by atomic mass is 16.5. The second kappa shape index (κ2) is 5.96. The van der Waals surface area contributed by atoms with Gasteiger partial charge in [0.15, 0.2) is 0 Å². The lowest BCUT2D eigenvalue weighted by atomic mass is 9.89. The molecule has 1 saturated heterocycles. The zero-order chi connectivity index (χ0) is 11.4. The van der Waals surface area contributed by atoms with E-state index in [9.17, 15) is 0 Å². The van der Waals surface area contributed by atoms with E-state index in [1.165, 1.54) is 12.8 Å². The topological polar surface area (TPSA) is 42.5 Å². The van der Waals surface area contributed by atoms with E-state index in [2.05, 4.69) is 17.6 Å². The molecule has 16 heavy (non-hydrogen) atoms. The van der Waals surface area contributed by atoms with E-state index in [4.69, 9.17) is 9.47 Å². The number of hydrogen-bond acceptors (Lipinski definition) is 4. The fourth-order valence-electron chi connectivity index (χ4n) is 2.53. The Morgan fingerprint density at radius 1 is 1.25 bits per heavy atom. The quantitative estimate of drug-likeness (QED) is 0.695. The van der Waals surface area contributed by atoms with Crippen molar-refractivity contribution in [3.05, 3.63) is 0 Å². The predicted octanol–water partition coefficient (Wildman–Crippen LogP) is 0.520. The highest BCUT2D eigenvalue weighted by Crippen LogP contribution is 2.23. The van der Waals surface area contributed by atoms with Crippen LogP contribution in [0.3, 0.4) is 0 Å². The van der Waals surface area contributed by atoms with Crippen molar-refractivity contribution in [2.45, 2.75) is 50.5 Å². The second-order valence-corrected chi connectivity index (χ2v) is 4.85. The van der Waals surface area contributed by atoms with Gasteiger partial charge in [0.05, 0.1) is 12.2 Å². The molecule has 2 rings (SSSR count). The van der Waals surface area contributed by atoms with Gasteiger partial charge in [-0.25, -0.2) is 0 Å². The van der Waals surface area contributed by atoms with Gasteiger partial charge in [-0.15, -0.1) is 0 Å². The van der Waals surface area contributed by atoms with Crippen LogP contribution in [0.2, 0.25) is 0 Å². The Morgan fingerprint density at radius 2 is 2.06 bits per heavy atom. The molecular formula is C12H24N2O2. The Balaban J connectivity index is 1.53. The fraction of sp³-hybridized carbons (Fsp3) is 1.00. The van der Waals surface area contributed by atoms with Crippen LogP contribution in [-0.2, 0) is 9.47 Å². The Hall–Kier alpha value is -0.160. The molecule has 2 atom stereocenters. The van der Waals surface area contributed by atoms with E-state index in [1.54, 1.807) is 7.11 Å². The molecule has 0 radical (unpaired) electrons. The van der Waals surface area contributed by atoms with E-state index in [1.807, 2.05) is 0 Å². The Morgan fingerprint density at radius 3 is 2.69 bits per heavy atom. The minimum absolute atomic E-state index is 0.407. The largest absolute Gasteiger partial charge is 0.380 e. The van der Waals surface area contributed by atoms with E-state index < -0.39 is 0 Å². The summed E-state index contributed by atoms with van der Waals surface area (Å²) >= 11 is 0. The molecule has 1 saturated carbocycles. The minimum atomic E-state index is 0.407. The average Bonchev–Trinajstić information content (AvgIpc) is 2.69. The van der Waals surface area contributed by atoms with Gasteiger partial charge >= 0.3 is 0 Å². The van der Waals surface area contributed by atoms with E-state index in [0.29, 0.717) is 24.3 Å².